The Hall–Kier alpha value is -1.59. The first-order valence-corrected chi connectivity index (χ1v) is 7.03. The maximum absolute atomic E-state index is 5.44. The number of hydrogen-bond donors (Lipinski definition) is 2. The van der Waals surface area contributed by atoms with Crippen LogP contribution in [0.2, 0.25) is 0 Å². The number of nitrogens with one attached hydrogen (secondary N) is 1. The number of anilines is 1. The monoisotopic (exact) mass is 274 g/mol. The first-order chi connectivity index (χ1) is 9.12. The molecule has 5 heteroatoms. The first kappa shape index (κ1) is 13.8. The molecule has 4 nitrogen and oxygen atoms in total. The molecule has 0 amide bonds. The molecular weight excluding hydrogens is 256 g/mol. The van der Waals surface area contributed by atoms with Gasteiger partial charge in [0.1, 0.15) is 16.7 Å². The van der Waals surface area contributed by atoms with Crippen LogP contribution in [0.4, 0.5) is 5.82 Å². The summed E-state index contributed by atoms with van der Waals surface area (Å²) in [7, 11) is 0. The number of nitrogens with two attached hydrogens (primary N) is 1. The quantitative estimate of drug-likeness (QED) is 0.509. The zero-order valence-electron chi connectivity index (χ0n) is 11.4. The molecule has 0 unspecified atom stereocenters. The topological polar surface area (TPSA) is 63.8 Å². The van der Waals surface area contributed by atoms with E-state index in [1.807, 2.05) is 13.0 Å². The minimum atomic E-state index is 0.652. The molecule has 0 atom stereocenters. The summed E-state index contributed by atoms with van der Waals surface area (Å²) < 4.78 is 0. The summed E-state index contributed by atoms with van der Waals surface area (Å²) in [6.45, 7) is 6.22. The van der Waals surface area contributed by atoms with E-state index in [9.17, 15) is 0 Å². The molecule has 1 aromatic carbocycles. The van der Waals surface area contributed by atoms with E-state index < -0.39 is 0 Å². The van der Waals surface area contributed by atoms with Gasteiger partial charge in [-0.05, 0) is 31.0 Å². The number of nitrogens with zero attached hydrogens (tertiary/aromatic N) is 2. The van der Waals surface area contributed by atoms with Gasteiger partial charge in [-0.2, -0.15) is 0 Å². The highest BCUT2D eigenvalue weighted by Gasteiger charge is 2.07. The van der Waals surface area contributed by atoms with Crippen LogP contribution >= 0.6 is 11.8 Å². The lowest BCUT2D eigenvalue weighted by Crippen LogP contribution is -2.10. The summed E-state index contributed by atoms with van der Waals surface area (Å²) in [6, 6.07) is 8.28. The summed E-state index contributed by atoms with van der Waals surface area (Å²) in [5.74, 6) is 6.89. The summed E-state index contributed by atoms with van der Waals surface area (Å²) in [5, 5.41) is 0.911. The van der Waals surface area contributed by atoms with Crippen LogP contribution < -0.4 is 11.3 Å². The minimum absolute atomic E-state index is 0.652. The minimum Gasteiger partial charge on any atom is -0.308 e. The molecule has 0 aliphatic heterocycles. The number of hydrazine groups is 1. The molecular formula is C14H18N4S. The predicted octanol–water partition coefficient (Wildman–Crippen LogP) is 3.09. The fourth-order valence-corrected chi connectivity index (χ4v) is 2.71. The number of rotatable bonds is 4. The van der Waals surface area contributed by atoms with Crippen LogP contribution in [-0.2, 0) is 6.42 Å². The van der Waals surface area contributed by atoms with Crippen molar-refractivity contribution in [3.8, 4) is 0 Å². The number of aryl methyl sites for hydroxylation is 3. The normalized spacial score (nSPS) is 10.5. The zero-order valence-corrected chi connectivity index (χ0v) is 12.2. The van der Waals surface area contributed by atoms with E-state index in [4.69, 9.17) is 5.84 Å². The Morgan fingerprint density at radius 3 is 2.68 bits per heavy atom. The lowest BCUT2D eigenvalue weighted by molar-refractivity contribution is 0.888. The smallest absolute Gasteiger partial charge is 0.144 e. The van der Waals surface area contributed by atoms with Gasteiger partial charge in [0.15, 0.2) is 0 Å². The first-order valence-electron chi connectivity index (χ1n) is 6.22. The van der Waals surface area contributed by atoms with Crippen molar-refractivity contribution >= 4 is 17.6 Å². The van der Waals surface area contributed by atoms with E-state index in [0.29, 0.717) is 5.82 Å². The van der Waals surface area contributed by atoms with E-state index in [1.165, 1.54) is 16.0 Å². The number of hydrogen-bond acceptors (Lipinski definition) is 5. The Bertz CT molecular complexity index is 561. The highest BCUT2D eigenvalue weighted by molar-refractivity contribution is 7.99. The van der Waals surface area contributed by atoms with Crippen molar-refractivity contribution in [2.24, 2.45) is 5.84 Å². The van der Waals surface area contributed by atoms with Crippen LogP contribution in [-0.4, -0.2) is 9.97 Å². The third-order valence-corrected chi connectivity index (χ3v) is 3.85. The number of benzene rings is 1. The van der Waals surface area contributed by atoms with E-state index in [0.717, 1.165) is 17.3 Å². The molecule has 19 heavy (non-hydrogen) atoms. The van der Waals surface area contributed by atoms with Gasteiger partial charge in [0.2, 0.25) is 0 Å². The molecule has 0 spiro atoms. The highest BCUT2D eigenvalue weighted by Crippen LogP contribution is 2.30. The lowest BCUT2D eigenvalue weighted by atomic mass is 10.2. The third kappa shape index (κ3) is 3.45. The van der Waals surface area contributed by atoms with Crippen LogP contribution in [0.15, 0.2) is 34.2 Å². The molecule has 0 aliphatic rings. The van der Waals surface area contributed by atoms with Gasteiger partial charge < -0.3 is 5.43 Å². The van der Waals surface area contributed by atoms with Crippen molar-refractivity contribution in [2.45, 2.75) is 37.1 Å². The maximum Gasteiger partial charge on any atom is 0.144 e. The van der Waals surface area contributed by atoms with Crippen LogP contribution in [0.5, 0.6) is 0 Å². The van der Waals surface area contributed by atoms with Crippen molar-refractivity contribution in [3.05, 3.63) is 41.2 Å². The van der Waals surface area contributed by atoms with Gasteiger partial charge in [-0.25, -0.2) is 15.8 Å². The summed E-state index contributed by atoms with van der Waals surface area (Å²) >= 11 is 1.64. The Balaban J connectivity index is 2.34. The molecule has 0 saturated heterocycles. The zero-order chi connectivity index (χ0) is 13.8. The highest BCUT2D eigenvalue weighted by atomic mass is 32.2. The van der Waals surface area contributed by atoms with Gasteiger partial charge in [-0.1, -0.05) is 30.8 Å². The summed E-state index contributed by atoms with van der Waals surface area (Å²) in [4.78, 5) is 10.0. The third-order valence-electron chi connectivity index (χ3n) is 2.77. The van der Waals surface area contributed by atoms with Crippen molar-refractivity contribution in [1.29, 1.82) is 0 Å². The van der Waals surface area contributed by atoms with Crippen LogP contribution in [0.25, 0.3) is 0 Å². The molecule has 0 radical (unpaired) electrons. The van der Waals surface area contributed by atoms with Gasteiger partial charge in [-0.3, -0.25) is 0 Å². The molecule has 0 aliphatic carbocycles. The Morgan fingerprint density at radius 2 is 2.00 bits per heavy atom. The summed E-state index contributed by atoms with van der Waals surface area (Å²) in [6.07, 6.45) is 0.788. The van der Waals surface area contributed by atoms with Crippen LogP contribution in [0, 0.1) is 13.8 Å². The second kappa shape index (κ2) is 6.04. The van der Waals surface area contributed by atoms with Crippen LogP contribution in [0.3, 0.4) is 0 Å². The molecule has 1 aromatic heterocycles. The molecule has 0 fully saturated rings. The lowest BCUT2D eigenvalue weighted by Gasteiger charge is -2.08. The predicted molar refractivity (Wildman–Crippen MR) is 79.3 cm³/mol. The van der Waals surface area contributed by atoms with Crippen molar-refractivity contribution in [2.75, 3.05) is 5.43 Å². The van der Waals surface area contributed by atoms with E-state index in [-0.39, 0.29) is 0 Å². The molecule has 2 rings (SSSR count). The molecule has 100 valence electrons. The summed E-state index contributed by atoms with van der Waals surface area (Å²) in [5.41, 5.74) is 5.08. The fourth-order valence-electron chi connectivity index (χ4n) is 1.69. The molecule has 0 saturated carbocycles. The average molecular weight is 274 g/mol. The largest absolute Gasteiger partial charge is 0.308 e. The molecule has 2 aromatic rings. The SMILES string of the molecule is CCc1nc(NN)cc(Sc2cc(C)ccc2C)n1. The second-order valence-electron chi connectivity index (χ2n) is 4.38. The molecule has 3 N–H and O–H groups in total. The van der Waals surface area contributed by atoms with Gasteiger partial charge in [0.25, 0.3) is 0 Å². The average Bonchev–Trinajstić information content (AvgIpc) is 2.42. The standard InChI is InChI=1S/C14H18N4S/c1-4-12-16-13(18-15)8-14(17-12)19-11-7-9(2)5-6-10(11)3/h5-8H,4,15H2,1-3H3,(H,16,17,18). The number of nitrogen functional groups attached to an aromatic ring is 1. The van der Waals surface area contributed by atoms with E-state index in [2.05, 4.69) is 47.4 Å². The van der Waals surface area contributed by atoms with Gasteiger partial charge in [-0.15, -0.1) is 0 Å². The Kier molecular flexibility index (Phi) is 4.39. The molecule has 0 bridgehead atoms. The Labute approximate surface area is 117 Å². The van der Waals surface area contributed by atoms with Gasteiger partial charge in [0, 0.05) is 17.4 Å². The number of aromatic nitrogens is 2. The van der Waals surface area contributed by atoms with Crippen molar-refractivity contribution < 1.29 is 0 Å². The second-order valence-corrected chi connectivity index (χ2v) is 5.44. The van der Waals surface area contributed by atoms with Gasteiger partial charge >= 0.3 is 0 Å². The fraction of sp³-hybridized carbons (Fsp3) is 0.286. The van der Waals surface area contributed by atoms with Crippen molar-refractivity contribution in [1.82, 2.24) is 9.97 Å². The van der Waals surface area contributed by atoms with Crippen molar-refractivity contribution in [3.63, 3.8) is 0 Å². The molecule has 1 heterocycles. The van der Waals surface area contributed by atoms with E-state index in [1.54, 1.807) is 11.8 Å². The van der Waals surface area contributed by atoms with Gasteiger partial charge in [0.05, 0.1) is 0 Å². The maximum atomic E-state index is 5.44. The van der Waals surface area contributed by atoms with Crippen LogP contribution in [0.1, 0.15) is 23.9 Å². The Morgan fingerprint density at radius 1 is 1.21 bits per heavy atom. The van der Waals surface area contributed by atoms with E-state index >= 15 is 0 Å².